The molecule has 0 bridgehead atoms. The fourth-order valence-corrected chi connectivity index (χ4v) is 3.36. The molecule has 0 fully saturated rings. The van der Waals surface area contributed by atoms with E-state index in [1.54, 1.807) is 0 Å². The van der Waals surface area contributed by atoms with Crippen LogP contribution in [0.3, 0.4) is 0 Å². The van der Waals surface area contributed by atoms with Gasteiger partial charge in [-0.25, -0.2) is 4.98 Å². The Morgan fingerprint density at radius 3 is 2.48 bits per heavy atom. The topological polar surface area (TPSA) is 51.2 Å². The molecule has 128 valence electrons. The summed E-state index contributed by atoms with van der Waals surface area (Å²) in [6.07, 6.45) is 0. The van der Waals surface area contributed by atoms with Gasteiger partial charge in [0.25, 0.3) is 5.91 Å². The monoisotopic (exact) mass is 416 g/mol. The molecule has 0 saturated heterocycles. The van der Waals surface area contributed by atoms with Crippen molar-refractivity contribution in [3.8, 4) is 5.75 Å². The van der Waals surface area contributed by atoms with Gasteiger partial charge in [0.15, 0.2) is 0 Å². The maximum absolute atomic E-state index is 12.5. The van der Waals surface area contributed by atoms with E-state index >= 15 is 0 Å². The van der Waals surface area contributed by atoms with Crippen molar-refractivity contribution in [2.24, 2.45) is 0 Å². The molecule has 0 spiro atoms. The lowest BCUT2D eigenvalue weighted by molar-refractivity contribution is 0.103. The van der Waals surface area contributed by atoms with Gasteiger partial charge < -0.3 is 10.1 Å². The van der Waals surface area contributed by atoms with E-state index in [9.17, 15) is 4.79 Å². The second kappa shape index (κ2) is 7.80. The number of thiazole rings is 1. The van der Waals surface area contributed by atoms with Crippen molar-refractivity contribution in [2.75, 3.05) is 5.32 Å². The fraction of sp³-hybridized carbons (Fsp3) is 0.158. The summed E-state index contributed by atoms with van der Waals surface area (Å²) in [5, 5.41) is 3.67. The highest BCUT2D eigenvalue weighted by molar-refractivity contribution is 9.10. The normalized spacial score (nSPS) is 10.5. The molecular weight excluding hydrogens is 400 g/mol. The van der Waals surface area contributed by atoms with Crippen LogP contribution in [0.2, 0.25) is 0 Å². The van der Waals surface area contributed by atoms with Gasteiger partial charge in [0, 0.05) is 10.2 Å². The van der Waals surface area contributed by atoms with Crippen LogP contribution in [0.1, 0.15) is 25.9 Å². The van der Waals surface area contributed by atoms with Gasteiger partial charge >= 0.3 is 0 Å². The number of halogens is 1. The van der Waals surface area contributed by atoms with E-state index in [2.05, 4.69) is 26.2 Å². The summed E-state index contributed by atoms with van der Waals surface area (Å²) in [6.45, 7) is 4.22. The summed E-state index contributed by atoms with van der Waals surface area (Å²) in [4.78, 5) is 17.5. The minimum Gasteiger partial charge on any atom is -0.486 e. The molecule has 1 heterocycles. The molecule has 2 aromatic carbocycles. The minimum absolute atomic E-state index is 0.154. The van der Waals surface area contributed by atoms with Crippen molar-refractivity contribution in [1.29, 1.82) is 0 Å². The SMILES string of the molecule is Cc1ccc(OCc2nc(C)c(C(=O)Nc3ccc(Br)cc3)s2)cc1. The van der Waals surface area contributed by atoms with Crippen molar-refractivity contribution in [3.63, 3.8) is 0 Å². The van der Waals surface area contributed by atoms with Crippen molar-refractivity contribution < 1.29 is 9.53 Å². The van der Waals surface area contributed by atoms with E-state index in [0.717, 1.165) is 20.9 Å². The van der Waals surface area contributed by atoms with Crippen molar-refractivity contribution in [1.82, 2.24) is 4.98 Å². The molecule has 0 aliphatic carbocycles. The van der Waals surface area contributed by atoms with Crippen LogP contribution in [0, 0.1) is 13.8 Å². The predicted molar refractivity (Wildman–Crippen MR) is 104 cm³/mol. The molecule has 4 nitrogen and oxygen atoms in total. The summed E-state index contributed by atoms with van der Waals surface area (Å²) in [5.41, 5.74) is 2.64. The van der Waals surface area contributed by atoms with Gasteiger partial charge in [-0.1, -0.05) is 33.6 Å². The number of hydrogen-bond acceptors (Lipinski definition) is 4. The molecule has 25 heavy (non-hydrogen) atoms. The molecule has 0 aliphatic rings. The maximum Gasteiger partial charge on any atom is 0.267 e. The number of nitrogens with zero attached hydrogens (tertiary/aromatic N) is 1. The molecular formula is C19H17BrN2O2S. The number of rotatable bonds is 5. The Morgan fingerprint density at radius 2 is 1.80 bits per heavy atom. The van der Waals surface area contributed by atoms with Gasteiger partial charge in [0.2, 0.25) is 0 Å². The number of amides is 1. The molecule has 0 radical (unpaired) electrons. The average Bonchev–Trinajstić information content (AvgIpc) is 2.97. The molecule has 6 heteroatoms. The standard InChI is InChI=1S/C19H17BrN2O2S/c1-12-3-9-16(10-4-12)24-11-17-21-13(2)18(25-17)19(23)22-15-7-5-14(20)6-8-15/h3-10H,11H2,1-2H3,(H,22,23). The van der Waals surface area contributed by atoms with Crippen molar-refractivity contribution in [3.05, 3.63) is 74.1 Å². The highest BCUT2D eigenvalue weighted by atomic mass is 79.9. The first-order valence-corrected chi connectivity index (χ1v) is 9.35. The third kappa shape index (κ3) is 4.67. The number of carbonyl (C=O) groups excluding carboxylic acids is 1. The van der Waals surface area contributed by atoms with Gasteiger partial charge in [-0.15, -0.1) is 11.3 Å². The number of ether oxygens (including phenoxy) is 1. The second-order valence-electron chi connectivity index (χ2n) is 5.58. The van der Waals surface area contributed by atoms with Crippen LogP contribution in [0.15, 0.2) is 53.0 Å². The smallest absolute Gasteiger partial charge is 0.267 e. The van der Waals surface area contributed by atoms with E-state index in [1.807, 2.05) is 62.4 Å². The number of hydrogen-bond donors (Lipinski definition) is 1. The molecule has 3 aromatic rings. The molecule has 3 rings (SSSR count). The molecule has 1 amide bonds. The lowest BCUT2D eigenvalue weighted by Gasteiger charge is -2.04. The average molecular weight is 417 g/mol. The van der Waals surface area contributed by atoms with E-state index in [-0.39, 0.29) is 5.91 Å². The summed E-state index contributed by atoms with van der Waals surface area (Å²) in [5.74, 6) is 0.637. The summed E-state index contributed by atoms with van der Waals surface area (Å²) < 4.78 is 6.71. The zero-order valence-electron chi connectivity index (χ0n) is 13.9. The number of nitrogens with one attached hydrogen (secondary N) is 1. The molecule has 0 atom stereocenters. The zero-order chi connectivity index (χ0) is 17.8. The first kappa shape index (κ1) is 17.6. The molecule has 1 aromatic heterocycles. The molecule has 1 N–H and O–H groups in total. The van der Waals surface area contributed by atoms with Gasteiger partial charge in [-0.3, -0.25) is 4.79 Å². The van der Waals surface area contributed by atoms with Gasteiger partial charge in [0.05, 0.1) is 5.69 Å². The summed E-state index contributed by atoms with van der Waals surface area (Å²) in [7, 11) is 0. The highest BCUT2D eigenvalue weighted by Gasteiger charge is 2.16. The molecule has 0 saturated carbocycles. The predicted octanol–water partition coefficient (Wildman–Crippen LogP) is 5.35. The fourth-order valence-electron chi connectivity index (χ4n) is 2.23. The number of anilines is 1. The highest BCUT2D eigenvalue weighted by Crippen LogP contribution is 2.22. The third-order valence-corrected chi connectivity index (χ3v) is 5.19. The van der Waals surface area contributed by atoms with Crippen molar-refractivity contribution in [2.45, 2.75) is 20.5 Å². The Morgan fingerprint density at radius 1 is 1.12 bits per heavy atom. The largest absolute Gasteiger partial charge is 0.486 e. The Hall–Kier alpha value is -2.18. The van der Waals surface area contributed by atoms with Crippen LogP contribution >= 0.6 is 27.3 Å². The number of carbonyl (C=O) groups is 1. The first-order chi connectivity index (χ1) is 12.0. The van der Waals surface area contributed by atoms with E-state index in [1.165, 1.54) is 16.9 Å². The lowest BCUT2D eigenvalue weighted by atomic mass is 10.2. The Labute approximate surface area is 159 Å². The lowest BCUT2D eigenvalue weighted by Crippen LogP contribution is -2.11. The third-order valence-electron chi connectivity index (χ3n) is 3.53. The first-order valence-electron chi connectivity index (χ1n) is 7.74. The number of benzene rings is 2. The number of aryl methyl sites for hydroxylation is 2. The van der Waals surface area contributed by atoms with E-state index in [0.29, 0.717) is 17.2 Å². The second-order valence-corrected chi connectivity index (χ2v) is 7.58. The summed E-state index contributed by atoms with van der Waals surface area (Å²) >= 11 is 4.73. The van der Waals surface area contributed by atoms with Gasteiger partial charge in [-0.05, 0) is 50.2 Å². The Balaban J connectivity index is 1.65. The maximum atomic E-state index is 12.5. The number of aromatic nitrogens is 1. The van der Waals surface area contributed by atoms with Crippen LogP contribution in [-0.2, 0) is 6.61 Å². The van der Waals surface area contributed by atoms with Crippen LogP contribution < -0.4 is 10.1 Å². The minimum atomic E-state index is -0.154. The molecule has 0 unspecified atom stereocenters. The van der Waals surface area contributed by atoms with Crippen LogP contribution in [-0.4, -0.2) is 10.9 Å². The van der Waals surface area contributed by atoms with E-state index < -0.39 is 0 Å². The quantitative estimate of drug-likeness (QED) is 0.609. The Kier molecular flexibility index (Phi) is 5.50. The van der Waals surface area contributed by atoms with Crippen LogP contribution in [0.4, 0.5) is 5.69 Å². The molecule has 0 aliphatic heterocycles. The van der Waals surface area contributed by atoms with Crippen LogP contribution in [0.5, 0.6) is 5.75 Å². The van der Waals surface area contributed by atoms with Gasteiger partial charge in [-0.2, -0.15) is 0 Å². The van der Waals surface area contributed by atoms with Gasteiger partial charge in [0.1, 0.15) is 22.2 Å². The van der Waals surface area contributed by atoms with E-state index in [4.69, 9.17) is 4.74 Å². The van der Waals surface area contributed by atoms with Crippen molar-refractivity contribution >= 4 is 38.9 Å². The Bertz CT molecular complexity index is 873. The summed E-state index contributed by atoms with van der Waals surface area (Å²) in [6, 6.07) is 15.3. The zero-order valence-corrected chi connectivity index (χ0v) is 16.3. The van der Waals surface area contributed by atoms with Crippen LogP contribution in [0.25, 0.3) is 0 Å².